The van der Waals surface area contributed by atoms with Gasteiger partial charge in [0.2, 0.25) is 0 Å². The predicted molar refractivity (Wildman–Crippen MR) is 41.2 cm³/mol. The summed E-state index contributed by atoms with van der Waals surface area (Å²) in [7, 11) is 0. The average molecular weight is 170 g/mol. The number of aryl methyl sites for hydroxylation is 1. The van der Waals surface area contributed by atoms with Crippen LogP contribution in [-0.2, 0) is 0 Å². The zero-order valence-electron chi connectivity index (χ0n) is 6.56. The lowest BCUT2D eigenvalue weighted by Crippen LogP contribution is -2.34. The molecule has 12 heavy (non-hydrogen) atoms. The molecule has 1 rings (SSSR count). The molecule has 0 aliphatic rings. The van der Waals surface area contributed by atoms with Crippen LogP contribution < -0.4 is 4.74 Å². The Morgan fingerprint density at radius 3 is 2.42 bits per heavy atom. The second-order valence-electron chi connectivity index (χ2n) is 2.49. The van der Waals surface area contributed by atoms with Crippen molar-refractivity contribution in [2.45, 2.75) is 13.1 Å². The summed E-state index contributed by atoms with van der Waals surface area (Å²) in [4.78, 5) is 0. The van der Waals surface area contributed by atoms with Crippen LogP contribution in [0.3, 0.4) is 0 Å². The molecule has 0 saturated carbocycles. The summed E-state index contributed by atoms with van der Waals surface area (Å²) in [5.41, 5.74) is 0.900. The van der Waals surface area contributed by atoms with Crippen molar-refractivity contribution in [1.82, 2.24) is 0 Å². The van der Waals surface area contributed by atoms with E-state index in [1.54, 1.807) is 12.1 Å². The maximum Gasteiger partial charge on any atom is 0.453 e. The van der Waals surface area contributed by atoms with E-state index in [2.05, 4.69) is 4.74 Å². The molecule has 4 nitrogen and oxygen atoms in total. The molecule has 0 saturated heterocycles. The topological polar surface area (TPSA) is 69.9 Å². The van der Waals surface area contributed by atoms with E-state index >= 15 is 0 Å². The summed E-state index contributed by atoms with van der Waals surface area (Å²) >= 11 is 0. The number of benzene rings is 1. The molecule has 0 bridgehead atoms. The number of rotatable bonds is 2. The minimum absolute atomic E-state index is 0.197. The van der Waals surface area contributed by atoms with E-state index in [0.717, 1.165) is 5.56 Å². The van der Waals surface area contributed by atoms with Gasteiger partial charge in [0.25, 0.3) is 0 Å². The van der Waals surface area contributed by atoms with E-state index in [9.17, 15) is 0 Å². The van der Waals surface area contributed by atoms with Gasteiger partial charge >= 0.3 is 6.16 Å². The molecule has 0 unspecified atom stereocenters. The second kappa shape index (κ2) is 3.10. The van der Waals surface area contributed by atoms with Crippen LogP contribution in [-0.4, -0.2) is 21.5 Å². The maximum atomic E-state index is 8.45. The Labute approximate surface area is 69.7 Å². The molecule has 0 atom stereocenters. The highest BCUT2D eigenvalue weighted by molar-refractivity contribution is 5.27. The molecule has 0 aliphatic heterocycles. The monoisotopic (exact) mass is 170 g/mol. The van der Waals surface area contributed by atoms with E-state index in [0.29, 0.717) is 0 Å². The molecule has 1 aromatic rings. The highest BCUT2D eigenvalue weighted by Gasteiger charge is 2.20. The zero-order chi connectivity index (χ0) is 9.19. The van der Waals surface area contributed by atoms with Gasteiger partial charge in [-0.1, -0.05) is 12.1 Å². The Morgan fingerprint density at radius 1 is 1.25 bits per heavy atom. The minimum atomic E-state index is -3.10. The predicted octanol–water partition coefficient (Wildman–Crippen LogP) is -0.0380. The first-order valence-corrected chi connectivity index (χ1v) is 3.40. The van der Waals surface area contributed by atoms with Crippen molar-refractivity contribution < 1.29 is 20.1 Å². The molecule has 0 amide bonds. The van der Waals surface area contributed by atoms with Crippen LogP contribution in [0.5, 0.6) is 5.75 Å². The number of ether oxygens (including phenoxy) is 1. The van der Waals surface area contributed by atoms with Crippen molar-refractivity contribution >= 4 is 0 Å². The van der Waals surface area contributed by atoms with Gasteiger partial charge in [0.05, 0.1) is 0 Å². The fourth-order valence-corrected chi connectivity index (χ4v) is 0.837. The first kappa shape index (κ1) is 8.99. The van der Waals surface area contributed by atoms with Crippen LogP contribution in [0.1, 0.15) is 5.56 Å². The van der Waals surface area contributed by atoms with Crippen LogP contribution in [0.2, 0.25) is 0 Å². The van der Waals surface area contributed by atoms with Crippen molar-refractivity contribution in [2.24, 2.45) is 0 Å². The van der Waals surface area contributed by atoms with Gasteiger partial charge in [-0.2, -0.15) is 0 Å². The van der Waals surface area contributed by atoms with Gasteiger partial charge in [0.15, 0.2) is 0 Å². The van der Waals surface area contributed by atoms with Crippen LogP contribution in [0.15, 0.2) is 24.3 Å². The lowest BCUT2D eigenvalue weighted by Gasteiger charge is -2.15. The lowest BCUT2D eigenvalue weighted by molar-refractivity contribution is -0.419. The Balaban J connectivity index is 2.77. The molecular formula is C8H10O4. The molecule has 0 aliphatic carbocycles. The molecule has 0 heterocycles. The fraction of sp³-hybridized carbons (Fsp3) is 0.250. The lowest BCUT2D eigenvalue weighted by atomic mass is 10.2. The normalized spacial score (nSPS) is 11.3. The summed E-state index contributed by atoms with van der Waals surface area (Å²) in [6.07, 6.45) is -3.10. The molecular weight excluding hydrogens is 160 g/mol. The van der Waals surface area contributed by atoms with E-state index < -0.39 is 6.16 Å². The summed E-state index contributed by atoms with van der Waals surface area (Å²) in [6.45, 7) is 1.82. The van der Waals surface area contributed by atoms with Crippen LogP contribution in [0, 0.1) is 6.92 Å². The quantitative estimate of drug-likeness (QED) is 0.545. The Kier molecular flexibility index (Phi) is 2.32. The van der Waals surface area contributed by atoms with E-state index in [1.165, 1.54) is 6.07 Å². The van der Waals surface area contributed by atoms with Gasteiger partial charge < -0.3 is 20.1 Å². The molecule has 3 N–H and O–H groups in total. The van der Waals surface area contributed by atoms with Crippen molar-refractivity contribution in [3.05, 3.63) is 29.8 Å². The maximum absolute atomic E-state index is 8.45. The standard InChI is InChI=1S/C8H10O4/c1-6-3-2-4-7(5-6)12-8(9,10)11/h2-5,9-11H,1H3. The third-order valence-corrected chi connectivity index (χ3v) is 1.24. The Morgan fingerprint density at radius 2 is 1.92 bits per heavy atom. The first-order chi connectivity index (χ1) is 5.47. The molecule has 0 spiro atoms. The molecule has 0 aromatic heterocycles. The Bertz CT molecular complexity index is 264. The van der Waals surface area contributed by atoms with E-state index in [4.69, 9.17) is 15.3 Å². The molecule has 4 heteroatoms. The van der Waals surface area contributed by atoms with Gasteiger partial charge in [-0.15, -0.1) is 0 Å². The van der Waals surface area contributed by atoms with Gasteiger partial charge in [0, 0.05) is 0 Å². The average Bonchev–Trinajstić information content (AvgIpc) is 1.82. The van der Waals surface area contributed by atoms with Gasteiger partial charge in [-0.05, 0) is 24.6 Å². The third-order valence-electron chi connectivity index (χ3n) is 1.24. The third kappa shape index (κ3) is 2.87. The molecule has 66 valence electrons. The minimum Gasteiger partial charge on any atom is -0.417 e. The largest absolute Gasteiger partial charge is 0.453 e. The number of hydrogen-bond acceptors (Lipinski definition) is 4. The smallest absolute Gasteiger partial charge is 0.417 e. The zero-order valence-corrected chi connectivity index (χ0v) is 6.56. The van der Waals surface area contributed by atoms with Crippen molar-refractivity contribution in [1.29, 1.82) is 0 Å². The summed E-state index contributed by atoms with van der Waals surface area (Å²) in [5, 5.41) is 25.4. The van der Waals surface area contributed by atoms with Crippen molar-refractivity contribution in [3.63, 3.8) is 0 Å². The number of hydrogen-bond donors (Lipinski definition) is 3. The summed E-state index contributed by atoms with van der Waals surface area (Å²) in [6, 6.07) is 6.57. The van der Waals surface area contributed by atoms with Gasteiger partial charge in [0.1, 0.15) is 5.75 Å². The number of aliphatic hydroxyl groups is 3. The second-order valence-corrected chi connectivity index (χ2v) is 2.49. The first-order valence-electron chi connectivity index (χ1n) is 3.40. The highest BCUT2D eigenvalue weighted by Crippen LogP contribution is 2.15. The van der Waals surface area contributed by atoms with Gasteiger partial charge in [-0.3, -0.25) is 0 Å². The van der Waals surface area contributed by atoms with Crippen LogP contribution in [0.4, 0.5) is 0 Å². The molecule has 1 aromatic carbocycles. The summed E-state index contributed by atoms with van der Waals surface area (Å²) < 4.78 is 4.35. The highest BCUT2D eigenvalue weighted by atomic mass is 16.9. The van der Waals surface area contributed by atoms with Crippen molar-refractivity contribution in [3.8, 4) is 5.75 Å². The van der Waals surface area contributed by atoms with Crippen LogP contribution in [0.25, 0.3) is 0 Å². The van der Waals surface area contributed by atoms with Crippen molar-refractivity contribution in [2.75, 3.05) is 0 Å². The Hall–Kier alpha value is -1.10. The van der Waals surface area contributed by atoms with E-state index in [1.807, 2.05) is 13.0 Å². The summed E-state index contributed by atoms with van der Waals surface area (Å²) in [5.74, 6) is 0.197. The fourth-order valence-electron chi connectivity index (χ4n) is 0.837. The molecule has 0 fully saturated rings. The van der Waals surface area contributed by atoms with E-state index in [-0.39, 0.29) is 5.75 Å². The van der Waals surface area contributed by atoms with Crippen LogP contribution >= 0.6 is 0 Å². The SMILES string of the molecule is Cc1cccc(OC(O)(O)O)c1. The van der Waals surface area contributed by atoms with Gasteiger partial charge in [-0.25, -0.2) is 0 Å². The molecule has 0 radical (unpaired) electrons.